The van der Waals surface area contributed by atoms with Gasteiger partial charge in [0.1, 0.15) is 34.7 Å². The molecule has 4 aromatic rings. The third kappa shape index (κ3) is 4.54. The molecule has 8 heteroatoms. The molecule has 0 aliphatic rings. The molecule has 0 bridgehead atoms. The Hall–Kier alpha value is -4.59. The Labute approximate surface area is 187 Å². The van der Waals surface area contributed by atoms with E-state index in [-0.39, 0.29) is 28.0 Å². The van der Waals surface area contributed by atoms with Crippen molar-refractivity contribution in [2.24, 2.45) is 0 Å². The van der Waals surface area contributed by atoms with Gasteiger partial charge in [0.2, 0.25) is 11.2 Å². The first-order chi connectivity index (χ1) is 16.0. The molecule has 0 atom stereocenters. The highest BCUT2D eigenvalue weighted by molar-refractivity contribution is 5.94. The van der Waals surface area contributed by atoms with Crippen molar-refractivity contribution < 1.29 is 33.0 Å². The smallest absolute Gasteiger partial charge is 0.347 e. The Morgan fingerprint density at radius 2 is 1.55 bits per heavy atom. The fourth-order valence-corrected chi connectivity index (χ4v) is 3.10. The molecule has 0 fully saturated rings. The van der Waals surface area contributed by atoms with Crippen LogP contribution < -0.4 is 19.6 Å². The number of carbonyl (C=O) groups is 2. The van der Waals surface area contributed by atoms with Crippen molar-refractivity contribution >= 4 is 22.9 Å². The number of hydrogen-bond acceptors (Lipinski definition) is 8. The number of esters is 2. The molecule has 0 amide bonds. The molecule has 1 heterocycles. The van der Waals surface area contributed by atoms with E-state index in [1.807, 2.05) is 0 Å². The lowest BCUT2D eigenvalue weighted by atomic mass is 10.2. The Morgan fingerprint density at radius 3 is 2.27 bits per heavy atom. The fraction of sp³-hybridized carbons (Fsp3) is 0.0800. The monoisotopic (exact) mass is 446 g/mol. The molecule has 0 saturated heterocycles. The molecule has 8 nitrogen and oxygen atoms in total. The van der Waals surface area contributed by atoms with Gasteiger partial charge in [-0.3, -0.25) is 4.79 Å². The summed E-state index contributed by atoms with van der Waals surface area (Å²) in [5, 5.41) is 0.246. The first-order valence-corrected chi connectivity index (χ1v) is 9.77. The van der Waals surface area contributed by atoms with E-state index < -0.39 is 17.4 Å². The van der Waals surface area contributed by atoms with E-state index in [1.165, 1.54) is 62.9 Å². The van der Waals surface area contributed by atoms with Crippen molar-refractivity contribution in [1.29, 1.82) is 0 Å². The Kier molecular flexibility index (Phi) is 6.08. The van der Waals surface area contributed by atoms with E-state index in [1.54, 1.807) is 24.3 Å². The number of para-hydroxylation sites is 1. The van der Waals surface area contributed by atoms with Crippen LogP contribution >= 0.6 is 0 Å². The van der Waals surface area contributed by atoms with Gasteiger partial charge in [0, 0.05) is 6.07 Å². The normalized spacial score (nSPS) is 10.5. The molecular formula is C25H18O8. The van der Waals surface area contributed by atoms with Gasteiger partial charge in [0.15, 0.2) is 0 Å². The predicted octanol–water partition coefficient (Wildman–Crippen LogP) is 4.60. The van der Waals surface area contributed by atoms with Crippen LogP contribution in [0.2, 0.25) is 0 Å². The van der Waals surface area contributed by atoms with Crippen molar-refractivity contribution in [2.45, 2.75) is 0 Å². The molecular weight excluding hydrogens is 428 g/mol. The molecule has 0 radical (unpaired) electrons. The van der Waals surface area contributed by atoms with Crippen LogP contribution in [0.15, 0.2) is 82.2 Å². The van der Waals surface area contributed by atoms with Gasteiger partial charge in [-0.2, -0.15) is 0 Å². The van der Waals surface area contributed by atoms with E-state index in [9.17, 15) is 14.4 Å². The van der Waals surface area contributed by atoms with Gasteiger partial charge in [0.25, 0.3) is 0 Å². The number of carbonyl (C=O) groups excluding carboxylic acids is 2. The highest BCUT2D eigenvalue weighted by Gasteiger charge is 2.16. The standard InChI is InChI=1S/C25H18O8/c1-29-20-6-4-3-5-19(20)25(28)33-17-11-12-18-21(13-17)31-14-22(23(18)26)32-16-9-7-15(8-10-16)24(27)30-2/h3-14H,1-2H3. The summed E-state index contributed by atoms with van der Waals surface area (Å²) in [4.78, 5) is 36.8. The minimum Gasteiger partial charge on any atom is -0.496 e. The zero-order valence-electron chi connectivity index (χ0n) is 17.7. The zero-order chi connectivity index (χ0) is 23.4. The molecule has 0 aliphatic heterocycles. The summed E-state index contributed by atoms with van der Waals surface area (Å²) in [6.07, 6.45) is 1.17. The Balaban J connectivity index is 1.55. The number of ether oxygens (including phenoxy) is 4. The van der Waals surface area contributed by atoms with E-state index in [0.717, 1.165) is 0 Å². The largest absolute Gasteiger partial charge is 0.496 e. The van der Waals surface area contributed by atoms with E-state index >= 15 is 0 Å². The maximum atomic E-state index is 12.8. The quantitative estimate of drug-likeness (QED) is 0.313. The molecule has 0 N–H and O–H groups in total. The topological polar surface area (TPSA) is 101 Å². The summed E-state index contributed by atoms with van der Waals surface area (Å²) in [7, 11) is 2.75. The second kappa shape index (κ2) is 9.27. The van der Waals surface area contributed by atoms with Crippen LogP contribution in [-0.2, 0) is 4.74 Å². The van der Waals surface area contributed by atoms with Crippen molar-refractivity contribution in [3.05, 3.63) is 94.3 Å². The van der Waals surface area contributed by atoms with Gasteiger partial charge in [-0.1, -0.05) is 12.1 Å². The lowest BCUT2D eigenvalue weighted by Crippen LogP contribution is -2.10. The summed E-state index contributed by atoms with van der Waals surface area (Å²) in [5.74, 6) is -0.188. The molecule has 0 spiro atoms. The number of rotatable bonds is 6. The highest BCUT2D eigenvalue weighted by atomic mass is 16.5. The summed E-state index contributed by atoms with van der Waals surface area (Å²) in [5.41, 5.74) is 0.434. The SMILES string of the molecule is COC(=O)c1ccc(Oc2coc3cc(OC(=O)c4ccccc4OC)ccc3c2=O)cc1. The molecule has 1 aromatic heterocycles. The van der Waals surface area contributed by atoms with Crippen molar-refractivity contribution in [3.63, 3.8) is 0 Å². The average molecular weight is 446 g/mol. The fourth-order valence-electron chi connectivity index (χ4n) is 3.10. The summed E-state index contributed by atoms with van der Waals surface area (Å²) < 4.78 is 26.4. The summed E-state index contributed by atoms with van der Waals surface area (Å²) in [6, 6.07) is 17.2. The minimum absolute atomic E-state index is 0.0351. The van der Waals surface area contributed by atoms with Crippen molar-refractivity contribution in [1.82, 2.24) is 0 Å². The number of benzene rings is 3. The van der Waals surface area contributed by atoms with Crippen LogP contribution in [0.1, 0.15) is 20.7 Å². The van der Waals surface area contributed by atoms with E-state index in [2.05, 4.69) is 4.74 Å². The van der Waals surface area contributed by atoms with Crippen LogP contribution in [0.3, 0.4) is 0 Å². The number of fused-ring (bicyclic) bond motifs is 1. The molecule has 3 aromatic carbocycles. The second-order valence-electron chi connectivity index (χ2n) is 6.79. The van der Waals surface area contributed by atoms with Crippen LogP contribution in [0.5, 0.6) is 23.0 Å². The molecule has 0 saturated carbocycles. The van der Waals surface area contributed by atoms with Crippen LogP contribution in [0, 0.1) is 0 Å². The number of hydrogen-bond donors (Lipinski definition) is 0. The zero-order valence-corrected chi connectivity index (χ0v) is 17.7. The summed E-state index contributed by atoms with van der Waals surface area (Å²) in [6.45, 7) is 0. The highest BCUT2D eigenvalue weighted by Crippen LogP contribution is 2.26. The molecule has 166 valence electrons. The molecule has 0 unspecified atom stereocenters. The van der Waals surface area contributed by atoms with Crippen molar-refractivity contribution in [3.8, 4) is 23.0 Å². The van der Waals surface area contributed by atoms with Crippen LogP contribution in [-0.4, -0.2) is 26.2 Å². The van der Waals surface area contributed by atoms with Gasteiger partial charge < -0.3 is 23.4 Å². The lowest BCUT2D eigenvalue weighted by Gasteiger charge is -2.09. The lowest BCUT2D eigenvalue weighted by molar-refractivity contribution is 0.0600. The van der Waals surface area contributed by atoms with Gasteiger partial charge in [0.05, 0.1) is 25.2 Å². The van der Waals surface area contributed by atoms with Crippen molar-refractivity contribution in [2.75, 3.05) is 14.2 Å². The minimum atomic E-state index is -0.607. The van der Waals surface area contributed by atoms with E-state index in [4.69, 9.17) is 18.6 Å². The Bertz CT molecular complexity index is 1390. The second-order valence-corrected chi connectivity index (χ2v) is 6.79. The first-order valence-electron chi connectivity index (χ1n) is 9.77. The van der Waals surface area contributed by atoms with E-state index in [0.29, 0.717) is 17.1 Å². The first kappa shape index (κ1) is 21.6. The van der Waals surface area contributed by atoms with Crippen LogP contribution in [0.25, 0.3) is 11.0 Å². The van der Waals surface area contributed by atoms with Crippen LogP contribution in [0.4, 0.5) is 0 Å². The molecule has 4 rings (SSSR count). The molecule has 0 aliphatic carbocycles. The average Bonchev–Trinajstić information content (AvgIpc) is 2.85. The Morgan fingerprint density at radius 1 is 0.818 bits per heavy atom. The van der Waals surface area contributed by atoms with Gasteiger partial charge in [-0.05, 0) is 48.5 Å². The van der Waals surface area contributed by atoms with Gasteiger partial charge in [-0.25, -0.2) is 9.59 Å². The molecule has 33 heavy (non-hydrogen) atoms. The third-order valence-electron chi connectivity index (χ3n) is 4.76. The summed E-state index contributed by atoms with van der Waals surface area (Å²) >= 11 is 0. The van der Waals surface area contributed by atoms with Gasteiger partial charge in [-0.15, -0.1) is 0 Å². The maximum absolute atomic E-state index is 12.8. The van der Waals surface area contributed by atoms with Gasteiger partial charge >= 0.3 is 11.9 Å². The maximum Gasteiger partial charge on any atom is 0.347 e. The predicted molar refractivity (Wildman–Crippen MR) is 118 cm³/mol. The third-order valence-corrected chi connectivity index (χ3v) is 4.76. The number of methoxy groups -OCH3 is 2.